The van der Waals surface area contributed by atoms with E-state index < -0.39 is 0 Å². The molecule has 0 saturated carbocycles. The lowest BCUT2D eigenvalue weighted by Gasteiger charge is -2.43. The Kier molecular flexibility index (Phi) is 4.69. The van der Waals surface area contributed by atoms with Crippen LogP contribution in [0.1, 0.15) is 36.1 Å². The van der Waals surface area contributed by atoms with Crippen LogP contribution in [-0.2, 0) is 4.74 Å². The molecule has 2 aliphatic rings. The largest absolute Gasteiger partial charge is 0.490 e. The summed E-state index contributed by atoms with van der Waals surface area (Å²) in [4.78, 5) is 0. The van der Waals surface area contributed by atoms with Crippen LogP contribution >= 0.6 is 11.6 Å². The van der Waals surface area contributed by atoms with Crippen LogP contribution in [0.2, 0.25) is 5.02 Å². The molecule has 3 atom stereocenters. The Morgan fingerprint density at radius 3 is 3.08 bits per heavy atom. The summed E-state index contributed by atoms with van der Waals surface area (Å²) in [5, 5.41) is 4.46. The molecule has 0 aromatic heterocycles. The van der Waals surface area contributed by atoms with Crippen molar-refractivity contribution in [2.24, 2.45) is 5.92 Å². The number of anilines is 1. The van der Waals surface area contributed by atoms with Crippen LogP contribution in [-0.4, -0.2) is 13.2 Å². The number of rotatable bonds is 4. The standard InChI is InChI=1S/C21H22ClNO2/c1-2-10-24-16-6-3-5-14(12-16)20-17-7-4-11-25-21(17)18-13-15(22)8-9-19(18)23-20/h2-3,5-6,8-9,12-13,17,20-21,23H,1,4,7,10-11H2/t17-,20?,21-/m0/s1. The molecular formula is C21H22ClNO2. The van der Waals surface area contributed by atoms with Crippen LogP contribution in [0.5, 0.6) is 5.75 Å². The van der Waals surface area contributed by atoms with Crippen LogP contribution in [0.3, 0.4) is 0 Å². The summed E-state index contributed by atoms with van der Waals surface area (Å²) in [5.41, 5.74) is 3.50. The molecule has 2 aliphatic heterocycles. The van der Waals surface area contributed by atoms with Crippen LogP contribution in [0.4, 0.5) is 5.69 Å². The second-order valence-electron chi connectivity index (χ2n) is 6.62. The van der Waals surface area contributed by atoms with Crippen molar-refractivity contribution in [3.05, 3.63) is 71.3 Å². The fourth-order valence-corrected chi connectivity index (χ4v) is 4.11. The van der Waals surface area contributed by atoms with E-state index in [9.17, 15) is 0 Å². The summed E-state index contributed by atoms with van der Waals surface area (Å²) in [6, 6.07) is 14.5. The summed E-state index contributed by atoms with van der Waals surface area (Å²) in [6.45, 7) is 5.03. The highest BCUT2D eigenvalue weighted by Gasteiger charge is 2.39. The van der Waals surface area contributed by atoms with Gasteiger partial charge in [0.1, 0.15) is 12.4 Å². The quantitative estimate of drug-likeness (QED) is 0.730. The smallest absolute Gasteiger partial charge is 0.120 e. The molecule has 4 heteroatoms. The lowest BCUT2D eigenvalue weighted by atomic mass is 9.77. The van der Waals surface area contributed by atoms with Gasteiger partial charge in [0, 0.05) is 28.8 Å². The number of ether oxygens (including phenoxy) is 2. The second kappa shape index (κ2) is 7.11. The van der Waals surface area contributed by atoms with Crippen molar-refractivity contribution in [1.29, 1.82) is 0 Å². The number of halogens is 1. The third-order valence-corrected chi connectivity index (χ3v) is 5.25. The molecule has 1 saturated heterocycles. The molecule has 2 aromatic rings. The fraction of sp³-hybridized carbons (Fsp3) is 0.333. The molecule has 130 valence electrons. The van der Waals surface area contributed by atoms with Gasteiger partial charge in [0.25, 0.3) is 0 Å². The first kappa shape index (κ1) is 16.5. The number of benzene rings is 2. The van der Waals surface area contributed by atoms with Crippen molar-refractivity contribution >= 4 is 17.3 Å². The van der Waals surface area contributed by atoms with Gasteiger partial charge >= 0.3 is 0 Å². The van der Waals surface area contributed by atoms with Gasteiger partial charge in [0.2, 0.25) is 0 Å². The Balaban J connectivity index is 1.70. The van der Waals surface area contributed by atoms with E-state index in [4.69, 9.17) is 21.1 Å². The SMILES string of the molecule is C=CCOc1cccc(C2Nc3ccc(Cl)cc3[C@H]3OCCC[C@@H]23)c1. The molecule has 3 nitrogen and oxygen atoms in total. The third kappa shape index (κ3) is 3.26. The summed E-state index contributed by atoms with van der Waals surface area (Å²) in [6.07, 6.45) is 4.07. The van der Waals surface area contributed by atoms with Gasteiger partial charge < -0.3 is 14.8 Å². The van der Waals surface area contributed by atoms with E-state index in [1.165, 1.54) is 11.1 Å². The maximum absolute atomic E-state index is 6.22. The zero-order valence-electron chi connectivity index (χ0n) is 14.1. The fourth-order valence-electron chi connectivity index (χ4n) is 3.92. The van der Waals surface area contributed by atoms with Crippen molar-refractivity contribution in [3.63, 3.8) is 0 Å². The van der Waals surface area contributed by atoms with E-state index in [1.807, 2.05) is 24.3 Å². The molecule has 1 N–H and O–H groups in total. The molecule has 0 aliphatic carbocycles. The van der Waals surface area contributed by atoms with E-state index in [-0.39, 0.29) is 12.1 Å². The van der Waals surface area contributed by atoms with Crippen LogP contribution in [0.15, 0.2) is 55.1 Å². The van der Waals surface area contributed by atoms with Crippen molar-refractivity contribution in [1.82, 2.24) is 0 Å². The monoisotopic (exact) mass is 355 g/mol. The zero-order chi connectivity index (χ0) is 17.2. The Morgan fingerprint density at radius 1 is 1.28 bits per heavy atom. The Bertz CT molecular complexity index is 776. The van der Waals surface area contributed by atoms with Gasteiger partial charge in [0.05, 0.1) is 12.1 Å². The molecule has 4 rings (SSSR count). The zero-order valence-corrected chi connectivity index (χ0v) is 14.8. The number of nitrogens with one attached hydrogen (secondary N) is 1. The molecule has 0 spiro atoms. The van der Waals surface area contributed by atoms with Crippen molar-refractivity contribution in [2.45, 2.75) is 25.0 Å². The van der Waals surface area contributed by atoms with Crippen LogP contribution in [0.25, 0.3) is 0 Å². The number of hydrogen-bond donors (Lipinski definition) is 1. The molecule has 1 fully saturated rings. The van der Waals surface area contributed by atoms with Crippen LogP contribution in [0, 0.1) is 5.92 Å². The van der Waals surface area contributed by atoms with Gasteiger partial charge in [-0.2, -0.15) is 0 Å². The van der Waals surface area contributed by atoms with Gasteiger partial charge in [0.15, 0.2) is 0 Å². The van der Waals surface area contributed by atoms with E-state index in [0.717, 1.165) is 35.9 Å². The maximum Gasteiger partial charge on any atom is 0.120 e. The summed E-state index contributed by atoms with van der Waals surface area (Å²) in [5.74, 6) is 1.25. The van der Waals surface area contributed by atoms with Gasteiger partial charge in [-0.05, 0) is 48.7 Å². The summed E-state index contributed by atoms with van der Waals surface area (Å²) in [7, 11) is 0. The van der Waals surface area contributed by atoms with Gasteiger partial charge in [-0.15, -0.1) is 0 Å². The summed E-state index contributed by atoms with van der Waals surface area (Å²) < 4.78 is 11.9. The Labute approximate surface area is 153 Å². The van der Waals surface area contributed by atoms with E-state index in [0.29, 0.717) is 12.5 Å². The summed E-state index contributed by atoms with van der Waals surface area (Å²) >= 11 is 6.22. The van der Waals surface area contributed by atoms with Crippen LogP contribution < -0.4 is 10.1 Å². The minimum absolute atomic E-state index is 0.0893. The molecule has 0 radical (unpaired) electrons. The Hall–Kier alpha value is -1.97. The highest BCUT2D eigenvalue weighted by atomic mass is 35.5. The molecule has 2 heterocycles. The topological polar surface area (TPSA) is 30.5 Å². The van der Waals surface area contributed by atoms with Crippen molar-refractivity contribution in [3.8, 4) is 5.75 Å². The molecule has 1 unspecified atom stereocenters. The second-order valence-corrected chi connectivity index (χ2v) is 7.06. The predicted molar refractivity (Wildman–Crippen MR) is 101 cm³/mol. The first-order valence-electron chi connectivity index (χ1n) is 8.77. The van der Waals surface area contributed by atoms with E-state index in [1.54, 1.807) is 6.08 Å². The average molecular weight is 356 g/mol. The minimum Gasteiger partial charge on any atom is -0.490 e. The molecule has 2 aromatic carbocycles. The van der Waals surface area contributed by atoms with Crippen molar-refractivity contribution in [2.75, 3.05) is 18.5 Å². The highest BCUT2D eigenvalue weighted by Crippen LogP contribution is 2.49. The number of hydrogen-bond acceptors (Lipinski definition) is 3. The molecular weight excluding hydrogens is 334 g/mol. The molecule has 0 bridgehead atoms. The van der Waals surface area contributed by atoms with E-state index in [2.05, 4.69) is 30.1 Å². The maximum atomic E-state index is 6.22. The first-order chi connectivity index (χ1) is 12.3. The lowest BCUT2D eigenvalue weighted by molar-refractivity contribution is -0.0381. The van der Waals surface area contributed by atoms with Gasteiger partial charge in [-0.1, -0.05) is 36.4 Å². The molecule has 25 heavy (non-hydrogen) atoms. The van der Waals surface area contributed by atoms with Gasteiger partial charge in [-0.3, -0.25) is 0 Å². The van der Waals surface area contributed by atoms with Crippen molar-refractivity contribution < 1.29 is 9.47 Å². The normalized spacial score (nSPS) is 24.6. The molecule has 0 amide bonds. The average Bonchev–Trinajstić information content (AvgIpc) is 2.66. The first-order valence-corrected chi connectivity index (χ1v) is 9.15. The predicted octanol–water partition coefficient (Wildman–Crippen LogP) is 5.54. The number of fused-ring (bicyclic) bond motifs is 3. The van der Waals surface area contributed by atoms with Gasteiger partial charge in [-0.25, -0.2) is 0 Å². The highest BCUT2D eigenvalue weighted by molar-refractivity contribution is 6.30. The minimum atomic E-state index is 0.0893. The third-order valence-electron chi connectivity index (χ3n) is 5.01. The lowest BCUT2D eigenvalue weighted by Crippen LogP contribution is -2.36. The van der Waals surface area contributed by atoms with E-state index >= 15 is 0 Å². The Morgan fingerprint density at radius 2 is 2.20 bits per heavy atom.